The van der Waals surface area contributed by atoms with Gasteiger partial charge in [0.15, 0.2) is 10.4 Å². The lowest BCUT2D eigenvalue weighted by Crippen LogP contribution is -2.39. The van der Waals surface area contributed by atoms with Crippen molar-refractivity contribution in [3.63, 3.8) is 0 Å². The Morgan fingerprint density at radius 2 is 2.06 bits per heavy atom. The summed E-state index contributed by atoms with van der Waals surface area (Å²) in [6.45, 7) is 2.06. The summed E-state index contributed by atoms with van der Waals surface area (Å²) >= 11 is 5.40. The summed E-state index contributed by atoms with van der Waals surface area (Å²) in [7, 11) is 1.63. The normalized spacial score (nSPS) is 16.2. The van der Waals surface area contributed by atoms with Crippen molar-refractivity contribution in [3.8, 4) is 5.88 Å². The Bertz CT molecular complexity index is 612. The van der Waals surface area contributed by atoms with E-state index in [9.17, 15) is 0 Å². The monoisotopic (exact) mass is 264 g/mol. The Balaban J connectivity index is 2.13. The second-order valence-electron chi connectivity index (χ2n) is 4.48. The highest BCUT2D eigenvalue weighted by atomic mass is 32.1. The number of hydrogen-bond donors (Lipinski definition) is 1. The zero-order chi connectivity index (χ0) is 12.5. The molecule has 3 rings (SSSR count). The molecule has 0 aromatic carbocycles. The lowest BCUT2D eigenvalue weighted by molar-refractivity contribution is 0.398. The zero-order valence-electron chi connectivity index (χ0n) is 10.3. The molecule has 0 aliphatic carbocycles. The largest absolute Gasteiger partial charge is 0.481 e. The topological polar surface area (TPSA) is 46.1 Å². The Kier molecular flexibility index (Phi) is 2.95. The van der Waals surface area contributed by atoms with Crippen LogP contribution in [0, 0.1) is 4.77 Å². The van der Waals surface area contributed by atoms with Crippen molar-refractivity contribution in [2.75, 3.05) is 25.2 Å². The van der Waals surface area contributed by atoms with E-state index in [1.807, 2.05) is 16.8 Å². The summed E-state index contributed by atoms with van der Waals surface area (Å²) < 4.78 is 7.89. The van der Waals surface area contributed by atoms with Crippen LogP contribution in [-0.4, -0.2) is 34.8 Å². The molecule has 96 valence electrons. The van der Waals surface area contributed by atoms with Crippen molar-refractivity contribution in [2.45, 2.75) is 19.3 Å². The Morgan fingerprint density at radius 1 is 1.28 bits per heavy atom. The minimum atomic E-state index is 0.613. The van der Waals surface area contributed by atoms with Gasteiger partial charge in [-0.3, -0.25) is 0 Å². The van der Waals surface area contributed by atoms with Gasteiger partial charge in [-0.25, -0.2) is 4.68 Å². The first-order chi connectivity index (χ1) is 8.79. The summed E-state index contributed by atoms with van der Waals surface area (Å²) in [5.41, 5.74) is 1.80. The number of nitrogens with zero attached hydrogens (tertiary/aromatic N) is 3. The number of aromatic amines is 1. The fourth-order valence-electron chi connectivity index (χ4n) is 2.41. The number of ether oxygens (including phenoxy) is 1. The van der Waals surface area contributed by atoms with Crippen molar-refractivity contribution in [1.29, 1.82) is 0 Å². The second kappa shape index (κ2) is 4.61. The Morgan fingerprint density at radius 3 is 2.78 bits per heavy atom. The van der Waals surface area contributed by atoms with Gasteiger partial charge in [-0.05, 0) is 37.5 Å². The van der Waals surface area contributed by atoms with Crippen LogP contribution in [0.3, 0.4) is 0 Å². The van der Waals surface area contributed by atoms with Crippen LogP contribution >= 0.6 is 12.2 Å². The van der Waals surface area contributed by atoms with E-state index < -0.39 is 0 Å². The number of pyridine rings is 1. The van der Waals surface area contributed by atoms with Crippen molar-refractivity contribution >= 4 is 23.4 Å². The van der Waals surface area contributed by atoms with E-state index in [2.05, 4.69) is 15.0 Å². The zero-order valence-corrected chi connectivity index (χ0v) is 11.2. The van der Waals surface area contributed by atoms with Gasteiger partial charge in [-0.2, -0.15) is 4.98 Å². The van der Waals surface area contributed by atoms with Gasteiger partial charge in [0.05, 0.1) is 12.6 Å². The molecule has 1 N–H and O–H groups in total. The molecule has 5 nitrogen and oxygen atoms in total. The molecule has 0 radical (unpaired) electrons. The first-order valence-corrected chi connectivity index (χ1v) is 6.61. The van der Waals surface area contributed by atoms with Gasteiger partial charge < -0.3 is 14.7 Å². The molecule has 0 spiro atoms. The molecule has 1 aliphatic heterocycles. The molecule has 3 heterocycles. The van der Waals surface area contributed by atoms with Gasteiger partial charge in [0, 0.05) is 19.2 Å². The summed E-state index contributed by atoms with van der Waals surface area (Å²) in [4.78, 5) is 7.68. The lowest BCUT2D eigenvalue weighted by atomic mass is 10.2. The molecule has 0 bridgehead atoms. The Labute approximate surface area is 110 Å². The van der Waals surface area contributed by atoms with Gasteiger partial charge in [0.25, 0.3) is 0 Å². The molecule has 1 fully saturated rings. The highest BCUT2D eigenvalue weighted by Crippen LogP contribution is 2.18. The van der Waals surface area contributed by atoms with Gasteiger partial charge in [0.2, 0.25) is 5.88 Å². The van der Waals surface area contributed by atoms with E-state index >= 15 is 0 Å². The van der Waals surface area contributed by atoms with Crippen molar-refractivity contribution < 1.29 is 4.74 Å². The molecule has 2 aromatic heterocycles. The molecule has 0 saturated carbocycles. The van der Waals surface area contributed by atoms with Gasteiger partial charge in [-0.1, -0.05) is 0 Å². The average molecular weight is 264 g/mol. The summed E-state index contributed by atoms with van der Waals surface area (Å²) in [6.07, 6.45) is 3.71. The fraction of sp³-hybridized carbons (Fsp3) is 0.500. The second-order valence-corrected chi connectivity index (χ2v) is 4.87. The first-order valence-electron chi connectivity index (χ1n) is 6.20. The van der Waals surface area contributed by atoms with E-state index in [1.165, 1.54) is 19.3 Å². The quantitative estimate of drug-likeness (QED) is 0.845. The summed E-state index contributed by atoms with van der Waals surface area (Å²) in [6, 6.07) is 3.80. The number of fused-ring (bicyclic) bond motifs is 1. The van der Waals surface area contributed by atoms with Crippen LogP contribution in [0.15, 0.2) is 12.1 Å². The van der Waals surface area contributed by atoms with Crippen molar-refractivity contribution in [2.24, 2.45) is 0 Å². The summed E-state index contributed by atoms with van der Waals surface area (Å²) in [5, 5.41) is 2.26. The SMILES string of the molecule is COc1ccc2[nH]c(=S)n(N3CCCCC3)c2n1. The van der Waals surface area contributed by atoms with Crippen LogP contribution in [0.4, 0.5) is 0 Å². The van der Waals surface area contributed by atoms with Crippen molar-refractivity contribution in [3.05, 3.63) is 16.9 Å². The molecular weight excluding hydrogens is 248 g/mol. The van der Waals surface area contributed by atoms with Crippen LogP contribution < -0.4 is 9.75 Å². The number of imidazole rings is 1. The highest BCUT2D eigenvalue weighted by Gasteiger charge is 2.16. The standard InChI is InChI=1S/C12H16N4OS/c1-17-10-6-5-9-11(14-10)16(12(18)13-9)15-7-3-2-4-8-15/h5-6H,2-4,7-8H2,1H3,(H,13,18). The molecule has 0 unspecified atom stereocenters. The van der Waals surface area contributed by atoms with E-state index in [-0.39, 0.29) is 0 Å². The smallest absolute Gasteiger partial charge is 0.215 e. The molecule has 0 atom stereocenters. The van der Waals surface area contributed by atoms with E-state index in [0.29, 0.717) is 10.7 Å². The van der Waals surface area contributed by atoms with Gasteiger partial charge in [-0.15, -0.1) is 0 Å². The van der Waals surface area contributed by atoms with Gasteiger partial charge >= 0.3 is 0 Å². The van der Waals surface area contributed by atoms with E-state index in [0.717, 1.165) is 24.3 Å². The number of hydrogen-bond acceptors (Lipinski definition) is 4. The third-order valence-electron chi connectivity index (χ3n) is 3.31. The molecule has 0 amide bonds. The minimum Gasteiger partial charge on any atom is -0.481 e. The van der Waals surface area contributed by atoms with E-state index in [4.69, 9.17) is 17.0 Å². The van der Waals surface area contributed by atoms with E-state index in [1.54, 1.807) is 7.11 Å². The van der Waals surface area contributed by atoms with Crippen LogP contribution in [0.1, 0.15) is 19.3 Å². The Hall–Kier alpha value is -1.56. The number of nitrogens with one attached hydrogen (secondary N) is 1. The minimum absolute atomic E-state index is 0.613. The van der Waals surface area contributed by atoms with Crippen molar-refractivity contribution in [1.82, 2.24) is 14.6 Å². The number of aromatic nitrogens is 3. The molecule has 2 aromatic rings. The number of piperidine rings is 1. The van der Waals surface area contributed by atoms with Crippen LogP contribution in [-0.2, 0) is 0 Å². The molecule has 6 heteroatoms. The summed E-state index contributed by atoms with van der Waals surface area (Å²) in [5.74, 6) is 0.613. The number of methoxy groups -OCH3 is 1. The maximum atomic E-state index is 5.40. The highest BCUT2D eigenvalue weighted by molar-refractivity contribution is 7.71. The lowest BCUT2D eigenvalue weighted by Gasteiger charge is -2.29. The number of rotatable bonds is 2. The average Bonchev–Trinajstić information content (AvgIpc) is 2.74. The third-order valence-corrected chi connectivity index (χ3v) is 3.58. The third kappa shape index (κ3) is 1.86. The maximum absolute atomic E-state index is 5.40. The predicted octanol–water partition coefficient (Wildman–Crippen LogP) is 2.22. The predicted molar refractivity (Wildman–Crippen MR) is 73.3 cm³/mol. The molecule has 1 aliphatic rings. The molecule has 1 saturated heterocycles. The van der Waals surface area contributed by atoms with Gasteiger partial charge in [0.1, 0.15) is 0 Å². The van der Waals surface area contributed by atoms with Crippen LogP contribution in [0.5, 0.6) is 5.88 Å². The maximum Gasteiger partial charge on any atom is 0.215 e. The molecule has 18 heavy (non-hydrogen) atoms. The van der Waals surface area contributed by atoms with Crippen LogP contribution in [0.25, 0.3) is 11.2 Å². The molecular formula is C12H16N4OS. The first kappa shape index (κ1) is 11.5. The van der Waals surface area contributed by atoms with Crippen LogP contribution in [0.2, 0.25) is 0 Å². The fourth-order valence-corrected chi connectivity index (χ4v) is 2.72. The number of H-pyrrole nitrogens is 1.